The molecule has 0 saturated heterocycles. The summed E-state index contributed by atoms with van der Waals surface area (Å²) in [5, 5.41) is 0. The maximum atomic E-state index is 5.57. The Labute approximate surface area is 90.3 Å². The molecule has 0 heterocycles. The topological polar surface area (TPSA) is 18.5 Å². The molecule has 14 heavy (non-hydrogen) atoms. The van der Waals surface area contributed by atoms with Crippen LogP contribution >= 0.6 is 8.38 Å². The molecule has 86 valence electrons. The van der Waals surface area contributed by atoms with Crippen molar-refractivity contribution >= 4 is 8.38 Å². The van der Waals surface area contributed by atoms with Gasteiger partial charge in [-0.3, -0.25) is 0 Å². The van der Waals surface area contributed by atoms with E-state index in [-0.39, 0.29) is 0 Å². The molecule has 0 aliphatic carbocycles. The Morgan fingerprint density at radius 2 is 1.21 bits per heavy atom. The van der Waals surface area contributed by atoms with Crippen LogP contribution in [0.25, 0.3) is 0 Å². The van der Waals surface area contributed by atoms with Gasteiger partial charge in [0, 0.05) is 6.66 Å². The fourth-order valence-electron chi connectivity index (χ4n) is 1.13. The van der Waals surface area contributed by atoms with E-state index in [1.54, 1.807) is 0 Å². The molecule has 0 N–H and O–H groups in total. The molecule has 0 rings (SSSR count). The lowest BCUT2D eigenvalue weighted by Crippen LogP contribution is -1.94. The Balaban J connectivity index is 3.07. The predicted molar refractivity (Wildman–Crippen MR) is 63.8 cm³/mol. The average molecular weight is 220 g/mol. The highest BCUT2D eigenvalue weighted by Crippen LogP contribution is 2.33. The molecule has 0 aromatic heterocycles. The van der Waals surface area contributed by atoms with Crippen LogP contribution in [0.2, 0.25) is 0 Å². The molecule has 0 aromatic carbocycles. The first-order valence-corrected chi connectivity index (χ1v) is 7.43. The molecule has 2 nitrogen and oxygen atoms in total. The highest BCUT2D eigenvalue weighted by Gasteiger charge is 2.01. The molecule has 0 spiro atoms. The van der Waals surface area contributed by atoms with Crippen molar-refractivity contribution < 1.29 is 9.05 Å². The summed E-state index contributed by atoms with van der Waals surface area (Å²) < 4.78 is 11.1. The van der Waals surface area contributed by atoms with Gasteiger partial charge in [0.2, 0.25) is 0 Å². The van der Waals surface area contributed by atoms with Gasteiger partial charge in [-0.05, 0) is 12.8 Å². The lowest BCUT2D eigenvalue weighted by atomic mass is 10.3. The van der Waals surface area contributed by atoms with E-state index in [1.165, 1.54) is 38.5 Å². The van der Waals surface area contributed by atoms with E-state index in [2.05, 4.69) is 13.8 Å². The summed E-state index contributed by atoms with van der Waals surface area (Å²) in [6, 6.07) is 0. The second-order valence-electron chi connectivity index (χ2n) is 3.52. The van der Waals surface area contributed by atoms with E-state index < -0.39 is 8.38 Å². The van der Waals surface area contributed by atoms with Crippen LogP contribution in [0.15, 0.2) is 0 Å². The van der Waals surface area contributed by atoms with Crippen molar-refractivity contribution in [2.45, 2.75) is 52.4 Å². The SMILES string of the molecule is CCCCCOP(C)OCCCCC. The molecule has 0 amide bonds. The lowest BCUT2D eigenvalue weighted by molar-refractivity contribution is 0.244. The third-order valence-electron chi connectivity index (χ3n) is 2.04. The van der Waals surface area contributed by atoms with Crippen LogP contribution in [0, 0.1) is 0 Å². The zero-order chi connectivity index (χ0) is 10.6. The average Bonchev–Trinajstić information content (AvgIpc) is 2.19. The van der Waals surface area contributed by atoms with E-state index >= 15 is 0 Å². The molecule has 0 radical (unpaired) electrons. The summed E-state index contributed by atoms with van der Waals surface area (Å²) in [6.45, 7) is 8.19. The number of rotatable bonds is 10. The van der Waals surface area contributed by atoms with Crippen LogP contribution in [0.3, 0.4) is 0 Å². The van der Waals surface area contributed by atoms with Crippen LogP contribution in [-0.2, 0) is 9.05 Å². The van der Waals surface area contributed by atoms with Crippen LogP contribution in [0.1, 0.15) is 52.4 Å². The normalized spacial score (nSPS) is 11.1. The van der Waals surface area contributed by atoms with Crippen LogP contribution in [-0.4, -0.2) is 19.9 Å². The van der Waals surface area contributed by atoms with Gasteiger partial charge in [0.1, 0.15) is 0 Å². The van der Waals surface area contributed by atoms with Crippen molar-refractivity contribution in [2.75, 3.05) is 19.9 Å². The third kappa shape index (κ3) is 10.4. The summed E-state index contributed by atoms with van der Waals surface area (Å²) in [4.78, 5) is 0. The standard InChI is InChI=1S/C11H25O2P/c1-4-6-8-10-12-14(3)13-11-9-7-5-2/h4-11H2,1-3H3. The van der Waals surface area contributed by atoms with Gasteiger partial charge in [-0.1, -0.05) is 39.5 Å². The second-order valence-corrected chi connectivity index (χ2v) is 4.92. The van der Waals surface area contributed by atoms with Crippen molar-refractivity contribution in [3.8, 4) is 0 Å². The summed E-state index contributed by atoms with van der Waals surface area (Å²) in [5.41, 5.74) is 0. The van der Waals surface area contributed by atoms with Gasteiger partial charge in [-0.15, -0.1) is 0 Å². The number of unbranched alkanes of at least 4 members (excludes halogenated alkanes) is 4. The number of hydrogen-bond acceptors (Lipinski definition) is 2. The molecule has 0 unspecified atom stereocenters. The molecule has 0 fully saturated rings. The molecule has 0 aliphatic rings. The van der Waals surface area contributed by atoms with Crippen LogP contribution < -0.4 is 0 Å². The van der Waals surface area contributed by atoms with Crippen LogP contribution in [0.4, 0.5) is 0 Å². The quantitative estimate of drug-likeness (QED) is 0.402. The predicted octanol–water partition coefficient (Wildman–Crippen LogP) is 4.34. The van der Waals surface area contributed by atoms with Crippen molar-refractivity contribution in [3.63, 3.8) is 0 Å². The zero-order valence-electron chi connectivity index (χ0n) is 9.92. The van der Waals surface area contributed by atoms with E-state index in [0.29, 0.717) is 0 Å². The lowest BCUT2D eigenvalue weighted by Gasteiger charge is -2.12. The molecule has 0 saturated carbocycles. The molecular formula is C11H25O2P. The molecule has 0 atom stereocenters. The number of hydrogen-bond donors (Lipinski definition) is 0. The van der Waals surface area contributed by atoms with Crippen LogP contribution in [0.5, 0.6) is 0 Å². The fourth-order valence-corrected chi connectivity index (χ4v) is 1.97. The van der Waals surface area contributed by atoms with Gasteiger partial charge in [0.05, 0.1) is 13.2 Å². The van der Waals surface area contributed by atoms with Gasteiger partial charge in [0.15, 0.2) is 8.38 Å². The van der Waals surface area contributed by atoms with Gasteiger partial charge < -0.3 is 9.05 Å². The van der Waals surface area contributed by atoms with Crippen molar-refractivity contribution in [3.05, 3.63) is 0 Å². The molecule has 0 aliphatic heterocycles. The first-order chi connectivity index (χ1) is 6.81. The minimum absolute atomic E-state index is 0.614. The van der Waals surface area contributed by atoms with Gasteiger partial charge in [0.25, 0.3) is 0 Å². The molecule has 3 heteroatoms. The fraction of sp³-hybridized carbons (Fsp3) is 1.00. The summed E-state index contributed by atoms with van der Waals surface area (Å²) in [5.74, 6) is 0. The maximum Gasteiger partial charge on any atom is 0.167 e. The molecular weight excluding hydrogens is 195 g/mol. The van der Waals surface area contributed by atoms with Gasteiger partial charge >= 0.3 is 0 Å². The third-order valence-corrected chi connectivity index (χ3v) is 3.13. The zero-order valence-corrected chi connectivity index (χ0v) is 10.8. The first-order valence-electron chi connectivity index (χ1n) is 5.80. The van der Waals surface area contributed by atoms with Crippen molar-refractivity contribution in [2.24, 2.45) is 0 Å². The van der Waals surface area contributed by atoms with E-state index in [9.17, 15) is 0 Å². The van der Waals surface area contributed by atoms with E-state index in [1.807, 2.05) is 6.66 Å². The first kappa shape index (κ1) is 14.3. The summed E-state index contributed by atoms with van der Waals surface area (Å²) in [6.07, 6.45) is 7.37. The van der Waals surface area contributed by atoms with Crippen molar-refractivity contribution in [1.82, 2.24) is 0 Å². The van der Waals surface area contributed by atoms with E-state index in [4.69, 9.17) is 9.05 Å². The second kappa shape index (κ2) is 11.4. The Morgan fingerprint density at radius 1 is 0.786 bits per heavy atom. The molecule has 0 bridgehead atoms. The minimum atomic E-state index is -0.614. The Bertz CT molecular complexity index is 97.5. The highest BCUT2D eigenvalue weighted by molar-refractivity contribution is 7.46. The van der Waals surface area contributed by atoms with Gasteiger partial charge in [-0.25, -0.2) is 0 Å². The minimum Gasteiger partial charge on any atom is -0.334 e. The van der Waals surface area contributed by atoms with Gasteiger partial charge in [-0.2, -0.15) is 0 Å². The smallest absolute Gasteiger partial charge is 0.167 e. The largest absolute Gasteiger partial charge is 0.334 e. The monoisotopic (exact) mass is 220 g/mol. The Hall–Kier alpha value is 0.350. The maximum absolute atomic E-state index is 5.57. The Kier molecular flexibility index (Phi) is 11.7. The van der Waals surface area contributed by atoms with E-state index in [0.717, 1.165) is 13.2 Å². The Morgan fingerprint density at radius 3 is 1.57 bits per heavy atom. The summed E-state index contributed by atoms with van der Waals surface area (Å²) in [7, 11) is -0.614. The highest BCUT2D eigenvalue weighted by atomic mass is 31.2. The molecule has 0 aromatic rings. The summed E-state index contributed by atoms with van der Waals surface area (Å²) >= 11 is 0. The van der Waals surface area contributed by atoms with Crippen molar-refractivity contribution in [1.29, 1.82) is 0 Å².